The lowest BCUT2D eigenvalue weighted by molar-refractivity contribution is -0.138. The van der Waals surface area contributed by atoms with Crippen molar-refractivity contribution in [1.29, 1.82) is 0 Å². The average molecular weight is 277 g/mol. The van der Waals surface area contributed by atoms with Crippen molar-refractivity contribution in [2.45, 2.75) is 24.4 Å². The largest absolute Gasteiger partial charge is 0.480 e. The van der Waals surface area contributed by atoms with Crippen LogP contribution in [0.2, 0.25) is 0 Å². The summed E-state index contributed by atoms with van der Waals surface area (Å²) in [6.07, 6.45) is 2.47. The van der Waals surface area contributed by atoms with E-state index in [-0.39, 0.29) is 4.90 Å². The Morgan fingerprint density at radius 2 is 2.33 bits per heavy atom. The van der Waals surface area contributed by atoms with Gasteiger partial charge in [-0.05, 0) is 6.92 Å². The van der Waals surface area contributed by atoms with Crippen molar-refractivity contribution in [2.75, 3.05) is 13.7 Å². The Kier molecular flexibility index (Phi) is 4.82. The first-order valence-electron chi connectivity index (χ1n) is 5.13. The summed E-state index contributed by atoms with van der Waals surface area (Å²) in [5.74, 6) is -1.25. The van der Waals surface area contributed by atoms with Crippen LogP contribution in [-0.4, -0.2) is 49.0 Å². The molecule has 0 spiro atoms. The number of nitrogens with zero attached hydrogens (tertiary/aromatic N) is 2. The van der Waals surface area contributed by atoms with Crippen LogP contribution in [0, 0.1) is 0 Å². The van der Waals surface area contributed by atoms with Crippen LogP contribution in [0.4, 0.5) is 0 Å². The van der Waals surface area contributed by atoms with E-state index >= 15 is 0 Å². The molecule has 0 aliphatic heterocycles. The Morgan fingerprint density at radius 1 is 1.67 bits per heavy atom. The van der Waals surface area contributed by atoms with Gasteiger partial charge in [0.05, 0.1) is 19.3 Å². The lowest BCUT2D eigenvalue weighted by Gasteiger charge is -2.08. The maximum Gasteiger partial charge on any atom is 0.321 e. The van der Waals surface area contributed by atoms with E-state index < -0.39 is 22.0 Å². The van der Waals surface area contributed by atoms with Gasteiger partial charge in [0.1, 0.15) is 10.9 Å². The number of nitrogens with one attached hydrogen (secondary N) is 1. The maximum atomic E-state index is 11.8. The van der Waals surface area contributed by atoms with Crippen molar-refractivity contribution in [1.82, 2.24) is 14.5 Å². The van der Waals surface area contributed by atoms with E-state index in [1.54, 1.807) is 0 Å². The third kappa shape index (κ3) is 3.79. The van der Waals surface area contributed by atoms with Gasteiger partial charge in [-0.15, -0.1) is 0 Å². The maximum absolute atomic E-state index is 11.8. The standard InChI is InChI=1S/C9H15N3O5S/c1-7(9(13)14)11-18(15,16)8-5-10-12(6-8)3-4-17-2/h5-7,11H,3-4H2,1-2H3,(H,13,14)/t7-/m1/s1. The number of hydrogen-bond acceptors (Lipinski definition) is 5. The highest BCUT2D eigenvalue weighted by Crippen LogP contribution is 2.07. The van der Waals surface area contributed by atoms with Crippen molar-refractivity contribution in [3.63, 3.8) is 0 Å². The first-order valence-corrected chi connectivity index (χ1v) is 6.61. The van der Waals surface area contributed by atoms with Gasteiger partial charge < -0.3 is 9.84 Å². The fraction of sp³-hybridized carbons (Fsp3) is 0.556. The highest BCUT2D eigenvalue weighted by atomic mass is 32.2. The van der Waals surface area contributed by atoms with Gasteiger partial charge in [-0.3, -0.25) is 9.48 Å². The normalized spacial score (nSPS) is 13.4. The number of ether oxygens (including phenoxy) is 1. The minimum atomic E-state index is -3.86. The number of rotatable bonds is 7. The molecule has 0 radical (unpaired) electrons. The van der Waals surface area contributed by atoms with Crippen molar-refractivity contribution in [3.05, 3.63) is 12.4 Å². The van der Waals surface area contributed by atoms with E-state index in [1.165, 1.54) is 24.9 Å². The number of carboxylic acid groups (broad SMARTS) is 1. The quantitative estimate of drug-likeness (QED) is 0.680. The zero-order chi connectivity index (χ0) is 13.8. The second-order valence-electron chi connectivity index (χ2n) is 3.61. The van der Waals surface area contributed by atoms with Gasteiger partial charge in [0.25, 0.3) is 0 Å². The Morgan fingerprint density at radius 3 is 2.89 bits per heavy atom. The summed E-state index contributed by atoms with van der Waals surface area (Å²) < 4.78 is 31.8. The smallest absolute Gasteiger partial charge is 0.321 e. The molecule has 0 bridgehead atoms. The fourth-order valence-electron chi connectivity index (χ4n) is 1.14. The molecule has 0 aliphatic carbocycles. The third-order valence-corrected chi connectivity index (χ3v) is 3.64. The SMILES string of the molecule is COCCn1cc(S(=O)(=O)N[C@H](C)C(=O)O)cn1. The monoisotopic (exact) mass is 277 g/mol. The summed E-state index contributed by atoms with van der Waals surface area (Å²) in [6, 6.07) is -1.20. The zero-order valence-electron chi connectivity index (χ0n) is 10.0. The first-order chi connectivity index (χ1) is 8.36. The highest BCUT2D eigenvalue weighted by Gasteiger charge is 2.22. The summed E-state index contributed by atoms with van der Waals surface area (Å²) >= 11 is 0. The van der Waals surface area contributed by atoms with E-state index in [0.717, 1.165) is 6.20 Å². The lowest BCUT2D eigenvalue weighted by atomic mass is 10.4. The van der Waals surface area contributed by atoms with Gasteiger partial charge in [-0.1, -0.05) is 0 Å². The molecule has 2 N–H and O–H groups in total. The zero-order valence-corrected chi connectivity index (χ0v) is 10.8. The number of hydrogen-bond donors (Lipinski definition) is 2. The summed E-state index contributed by atoms with van der Waals surface area (Å²) in [7, 11) is -2.34. The van der Waals surface area contributed by atoms with Gasteiger partial charge in [0.2, 0.25) is 10.0 Å². The summed E-state index contributed by atoms with van der Waals surface area (Å²) in [5.41, 5.74) is 0. The van der Waals surface area contributed by atoms with Crippen LogP contribution < -0.4 is 4.72 Å². The number of sulfonamides is 1. The van der Waals surface area contributed by atoms with Crippen LogP contribution in [0.3, 0.4) is 0 Å². The number of carbonyl (C=O) groups is 1. The van der Waals surface area contributed by atoms with Gasteiger partial charge in [0, 0.05) is 13.3 Å². The summed E-state index contributed by atoms with van der Waals surface area (Å²) in [5, 5.41) is 12.5. The predicted octanol–water partition coefficient (Wildman–Crippen LogP) is -0.719. The topological polar surface area (TPSA) is 111 Å². The molecule has 0 unspecified atom stereocenters. The molecule has 1 aromatic heterocycles. The van der Waals surface area contributed by atoms with Crippen molar-refractivity contribution in [2.24, 2.45) is 0 Å². The second kappa shape index (κ2) is 5.94. The summed E-state index contributed by atoms with van der Waals surface area (Å²) in [6.45, 7) is 2.07. The second-order valence-corrected chi connectivity index (χ2v) is 5.33. The molecule has 0 saturated heterocycles. The minimum absolute atomic E-state index is 0.0771. The van der Waals surface area contributed by atoms with E-state index in [0.29, 0.717) is 13.2 Å². The van der Waals surface area contributed by atoms with Crippen LogP contribution in [0.5, 0.6) is 0 Å². The molecule has 0 saturated carbocycles. The van der Waals surface area contributed by atoms with Gasteiger partial charge in [-0.25, -0.2) is 8.42 Å². The summed E-state index contributed by atoms with van der Waals surface area (Å²) in [4.78, 5) is 10.5. The molecular weight excluding hydrogens is 262 g/mol. The molecule has 102 valence electrons. The van der Waals surface area contributed by atoms with Gasteiger partial charge in [-0.2, -0.15) is 9.82 Å². The van der Waals surface area contributed by atoms with Crippen molar-refractivity contribution < 1.29 is 23.1 Å². The average Bonchev–Trinajstić information content (AvgIpc) is 2.74. The molecular formula is C9H15N3O5S. The number of aliphatic carboxylic acids is 1. The molecule has 8 nitrogen and oxygen atoms in total. The highest BCUT2D eigenvalue weighted by molar-refractivity contribution is 7.89. The van der Waals surface area contributed by atoms with Crippen LogP contribution in [-0.2, 0) is 26.1 Å². The van der Waals surface area contributed by atoms with Crippen LogP contribution in [0.1, 0.15) is 6.92 Å². The fourth-order valence-corrected chi connectivity index (χ4v) is 2.29. The van der Waals surface area contributed by atoms with E-state index in [2.05, 4.69) is 5.10 Å². The molecule has 1 rings (SSSR count). The van der Waals surface area contributed by atoms with Crippen LogP contribution >= 0.6 is 0 Å². The van der Waals surface area contributed by atoms with E-state index in [1.807, 2.05) is 4.72 Å². The molecule has 1 atom stereocenters. The van der Waals surface area contributed by atoms with Crippen molar-refractivity contribution >= 4 is 16.0 Å². The first kappa shape index (κ1) is 14.6. The van der Waals surface area contributed by atoms with Crippen LogP contribution in [0.15, 0.2) is 17.3 Å². The van der Waals surface area contributed by atoms with Crippen LogP contribution in [0.25, 0.3) is 0 Å². The molecule has 1 heterocycles. The van der Waals surface area contributed by atoms with Gasteiger partial charge >= 0.3 is 5.97 Å². The van der Waals surface area contributed by atoms with Gasteiger partial charge in [0.15, 0.2) is 0 Å². The predicted molar refractivity (Wildman–Crippen MR) is 61.5 cm³/mol. The Labute approximate surface area is 105 Å². The number of carboxylic acids is 1. The third-order valence-electron chi connectivity index (χ3n) is 2.15. The van der Waals surface area contributed by atoms with E-state index in [9.17, 15) is 13.2 Å². The lowest BCUT2D eigenvalue weighted by Crippen LogP contribution is -2.38. The number of aromatic nitrogens is 2. The Hall–Kier alpha value is -1.45. The molecule has 18 heavy (non-hydrogen) atoms. The molecule has 0 amide bonds. The molecule has 0 aromatic carbocycles. The molecule has 0 fully saturated rings. The molecule has 9 heteroatoms. The molecule has 0 aliphatic rings. The Balaban J connectivity index is 2.79. The molecule has 1 aromatic rings. The van der Waals surface area contributed by atoms with E-state index in [4.69, 9.17) is 9.84 Å². The number of methoxy groups -OCH3 is 1. The minimum Gasteiger partial charge on any atom is -0.480 e. The Bertz CT molecular complexity index is 510. The van der Waals surface area contributed by atoms with Crippen molar-refractivity contribution in [3.8, 4) is 0 Å².